The minimum absolute atomic E-state index is 0.551. The Kier molecular flexibility index (Phi) is 6.60. The van der Waals surface area contributed by atoms with Gasteiger partial charge in [0.15, 0.2) is 17.5 Å². The first kappa shape index (κ1) is 28.5. The number of hydrogen-bond acceptors (Lipinski definition) is 6. The van der Waals surface area contributed by atoms with E-state index in [2.05, 4.69) is 84.9 Å². The van der Waals surface area contributed by atoms with Crippen molar-refractivity contribution < 1.29 is 4.42 Å². The zero-order chi connectivity index (χ0) is 33.0. The standard InChI is InChI=1S/C44H26N4OS/c1-4-14-27(15-5-1)34-25-31(24-30-20-10-11-21-32(30)34)42-46-41(28-16-6-2-7-17-28)47-43(48-42)39-38-33-22-12-13-23-35(33)49-36(38)26-37-40(39)45-44(50-37)29-18-8-3-9-19-29/h1-26H. The van der Waals surface area contributed by atoms with E-state index in [0.717, 1.165) is 75.9 Å². The van der Waals surface area contributed by atoms with Crippen molar-refractivity contribution in [2.75, 3.05) is 0 Å². The largest absolute Gasteiger partial charge is 0.456 e. The molecule has 0 bridgehead atoms. The first-order chi connectivity index (χ1) is 24.8. The predicted octanol–water partition coefficient (Wildman–Crippen LogP) is 11.9. The van der Waals surface area contributed by atoms with Gasteiger partial charge < -0.3 is 4.42 Å². The molecule has 0 saturated heterocycles. The van der Waals surface area contributed by atoms with Crippen LogP contribution < -0.4 is 0 Å². The van der Waals surface area contributed by atoms with E-state index < -0.39 is 0 Å². The average Bonchev–Trinajstić information content (AvgIpc) is 3.79. The van der Waals surface area contributed by atoms with Crippen LogP contribution in [0.1, 0.15) is 0 Å². The van der Waals surface area contributed by atoms with Crippen molar-refractivity contribution in [1.82, 2.24) is 19.9 Å². The summed E-state index contributed by atoms with van der Waals surface area (Å²) < 4.78 is 7.49. The number of hydrogen-bond donors (Lipinski definition) is 0. The second-order valence-electron chi connectivity index (χ2n) is 12.2. The Morgan fingerprint density at radius 3 is 1.80 bits per heavy atom. The topological polar surface area (TPSA) is 64.7 Å². The Bertz CT molecular complexity index is 2860. The average molecular weight is 659 g/mol. The number of aromatic nitrogens is 4. The van der Waals surface area contributed by atoms with E-state index in [0.29, 0.717) is 17.5 Å². The minimum atomic E-state index is 0.551. The van der Waals surface area contributed by atoms with E-state index in [1.807, 2.05) is 72.8 Å². The molecule has 0 atom stereocenters. The lowest BCUT2D eigenvalue weighted by Gasteiger charge is -2.13. The molecule has 5 nitrogen and oxygen atoms in total. The Labute approximate surface area is 291 Å². The van der Waals surface area contributed by atoms with Gasteiger partial charge >= 0.3 is 0 Å². The van der Waals surface area contributed by atoms with Crippen LogP contribution in [0.5, 0.6) is 0 Å². The maximum atomic E-state index is 6.49. The maximum absolute atomic E-state index is 6.49. The van der Waals surface area contributed by atoms with E-state index >= 15 is 0 Å². The van der Waals surface area contributed by atoms with Crippen LogP contribution in [0, 0.1) is 0 Å². The van der Waals surface area contributed by atoms with Gasteiger partial charge in [-0.15, -0.1) is 11.3 Å². The minimum Gasteiger partial charge on any atom is -0.456 e. The highest BCUT2D eigenvalue weighted by molar-refractivity contribution is 7.21. The van der Waals surface area contributed by atoms with Crippen molar-refractivity contribution in [1.29, 1.82) is 0 Å². The number of furan rings is 1. The predicted molar refractivity (Wildman–Crippen MR) is 205 cm³/mol. The van der Waals surface area contributed by atoms with Crippen molar-refractivity contribution >= 4 is 54.3 Å². The summed E-state index contributed by atoms with van der Waals surface area (Å²) in [5.41, 5.74) is 8.40. The quantitative estimate of drug-likeness (QED) is 0.184. The van der Waals surface area contributed by atoms with Gasteiger partial charge in [0.2, 0.25) is 0 Å². The summed E-state index contributed by atoms with van der Waals surface area (Å²) in [5, 5.41) is 5.15. The molecule has 10 aromatic rings. The molecule has 0 aliphatic rings. The molecule has 0 aliphatic heterocycles. The molecule has 3 heterocycles. The number of rotatable bonds is 5. The Morgan fingerprint density at radius 2 is 1.04 bits per heavy atom. The van der Waals surface area contributed by atoms with Crippen LogP contribution in [0.15, 0.2) is 162 Å². The van der Waals surface area contributed by atoms with E-state index in [4.69, 9.17) is 24.4 Å². The molecule has 7 aromatic carbocycles. The van der Waals surface area contributed by atoms with Gasteiger partial charge in [0.25, 0.3) is 0 Å². The van der Waals surface area contributed by atoms with Crippen molar-refractivity contribution in [3.63, 3.8) is 0 Å². The van der Waals surface area contributed by atoms with Gasteiger partial charge in [-0.3, -0.25) is 0 Å². The molecular weight excluding hydrogens is 633 g/mol. The first-order valence-electron chi connectivity index (χ1n) is 16.5. The summed E-state index contributed by atoms with van der Waals surface area (Å²) in [4.78, 5) is 20.9. The Hall–Kier alpha value is -6.50. The van der Waals surface area contributed by atoms with Gasteiger partial charge in [-0.2, -0.15) is 0 Å². The number of nitrogens with zero attached hydrogens (tertiary/aromatic N) is 4. The molecular formula is C44H26N4OS. The molecule has 0 unspecified atom stereocenters. The van der Waals surface area contributed by atoms with Crippen molar-refractivity contribution in [3.05, 3.63) is 158 Å². The molecule has 0 amide bonds. The lowest BCUT2D eigenvalue weighted by Crippen LogP contribution is -2.01. The summed E-state index contributed by atoms with van der Waals surface area (Å²) in [6.45, 7) is 0. The van der Waals surface area contributed by atoms with Crippen molar-refractivity contribution in [3.8, 4) is 55.9 Å². The third-order valence-electron chi connectivity index (χ3n) is 9.14. The van der Waals surface area contributed by atoms with E-state index in [9.17, 15) is 0 Å². The third kappa shape index (κ3) is 4.77. The molecule has 0 N–H and O–H groups in total. The first-order valence-corrected chi connectivity index (χ1v) is 17.3. The molecule has 3 aromatic heterocycles. The van der Waals surface area contributed by atoms with Gasteiger partial charge in [-0.25, -0.2) is 19.9 Å². The Balaban J connectivity index is 1.30. The Morgan fingerprint density at radius 1 is 0.440 bits per heavy atom. The van der Waals surface area contributed by atoms with Crippen LogP contribution in [0.4, 0.5) is 0 Å². The normalized spacial score (nSPS) is 11.6. The molecule has 6 heteroatoms. The summed E-state index contributed by atoms with van der Waals surface area (Å²) in [5.74, 6) is 1.74. The maximum Gasteiger partial charge on any atom is 0.167 e. The third-order valence-corrected chi connectivity index (χ3v) is 10.2. The summed E-state index contributed by atoms with van der Waals surface area (Å²) >= 11 is 1.64. The molecule has 10 rings (SSSR count). The van der Waals surface area contributed by atoms with Gasteiger partial charge in [0, 0.05) is 33.5 Å². The highest BCUT2D eigenvalue weighted by Gasteiger charge is 2.24. The fourth-order valence-corrected chi connectivity index (χ4v) is 7.83. The zero-order valence-electron chi connectivity index (χ0n) is 26.6. The zero-order valence-corrected chi connectivity index (χ0v) is 27.4. The molecule has 0 saturated carbocycles. The monoisotopic (exact) mass is 658 g/mol. The summed E-state index contributed by atoms with van der Waals surface area (Å²) in [7, 11) is 0. The van der Waals surface area contributed by atoms with Crippen molar-refractivity contribution in [2.45, 2.75) is 0 Å². The van der Waals surface area contributed by atoms with Crippen LogP contribution >= 0.6 is 11.3 Å². The van der Waals surface area contributed by atoms with Gasteiger partial charge in [0.05, 0.1) is 15.8 Å². The van der Waals surface area contributed by atoms with Gasteiger partial charge in [-0.05, 0) is 40.1 Å². The fourth-order valence-electron chi connectivity index (χ4n) is 6.82. The van der Waals surface area contributed by atoms with Gasteiger partial charge in [0.1, 0.15) is 16.2 Å². The molecule has 234 valence electrons. The fraction of sp³-hybridized carbons (Fsp3) is 0. The molecule has 0 fully saturated rings. The molecule has 0 aliphatic carbocycles. The molecule has 0 radical (unpaired) electrons. The number of benzene rings is 7. The molecule has 0 spiro atoms. The summed E-state index contributed by atoms with van der Waals surface area (Å²) in [6.07, 6.45) is 0. The van der Waals surface area contributed by atoms with Crippen molar-refractivity contribution in [2.24, 2.45) is 0 Å². The summed E-state index contributed by atoms with van der Waals surface area (Å²) in [6, 6.07) is 54.0. The van der Waals surface area contributed by atoms with E-state index in [1.54, 1.807) is 11.3 Å². The SMILES string of the molecule is c1ccc(-c2nc(-c3cc(-c4ccccc4)c4ccccc4c3)nc(-c3c4nc(-c5ccccc5)sc4cc4oc5ccccc5c34)n2)cc1. The van der Waals surface area contributed by atoms with E-state index in [-0.39, 0.29) is 0 Å². The smallest absolute Gasteiger partial charge is 0.167 e. The van der Waals surface area contributed by atoms with Gasteiger partial charge in [-0.1, -0.05) is 133 Å². The number of thiazole rings is 1. The lowest BCUT2D eigenvalue weighted by molar-refractivity contribution is 0.669. The second kappa shape index (κ2) is 11.6. The second-order valence-corrected chi connectivity index (χ2v) is 13.3. The van der Waals surface area contributed by atoms with Crippen LogP contribution in [-0.2, 0) is 0 Å². The lowest BCUT2D eigenvalue weighted by atomic mass is 9.95. The highest BCUT2D eigenvalue weighted by atomic mass is 32.1. The van der Waals surface area contributed by atoms with Crippen LogP contribution in [-0.4, -0.2) is 19.9 Å². The van der Waals surface area contributed by atoms with E-state index in [1.165, 1.54) is 5.39 Å². The highest BCUT2D eigenvalue weighted by Crippen LogP contribution is 2.44. The van der Waals surface area contributed by atoms with Crippen LogP contribution in [0.2, 0.25) is 0 Å². The number of fused-ring (bicyclic) bond motifs is 5. The van der Waals surface area contributed by atoms with Crippen LogP contribution in [0.25, 0.3) is 98.8 Å². The molecule has 50 heavy (non-hydrogen) atoms. The number of para-hydroxylation sites is 1. The van der Waals surface area contributed by atoms with Crippen LogP contribution in [0.3, 0.4) is 0 Å².